The zero-order valence-corrected chi connectivity index (χ0v) is 31.1. The molecule has 0 aliphatic heterocycles. The quantitative estimate of drug-likeness (QED) is 0.0886. The zero-order valence-electron chi connectivity index (χ0n) is 30.1. The average molecular weight is 642 g/mol. The van der Waals surface area contributed by atoms with E-state index in [0.717, 1.165) is 61.9 Å². The molecular formula is C38H63NO5Si. The lowest BCUT2D eigenvalue weighted by atomic mass is 9.84. The summed E-state index contributed by atoms with van der Waals surface area (Å²) in [5.41, 5.74) is 5.51. The second-order valence-electron chi connectivity index (χ2n) is 14.9. The maximum Gasteiger partial charge on any atom is 0.224 e. The highest BCUT2D eigenvalue weighted by Crippen LogP contribution is 2.37. The summed E-state index contributed by atoms with van der Waals surface area (Å²) in [6, 6.07) is 15.1. The number of nitrogens with one attached hydrogen (secondary N) is 1. The van der Waals surface area contributed by atoms with Gasteiger partial charge in [0.15, 0.2) is 8.32 Å². The van der Waals surface area contributed by atoms with Crippen molar-refractivity contribution in [2.75, 3.05) is 39.0 Å². The minimum Gasteiger partial charge on any atom is -0.417 e. The molecule has 254 valence electrons. The Kier molecular flexibility index (Phi) is 16.5. The summed E-state index contributed by atoms with van der Waals surface area (Å²) in [7, 11) is -0.102. The summed E-state index contributed by atoms with van der Waals surface area (Å²) in [5, 5.41) is 3.55. The number of benzene rings is 2. The molecule has 2 aromatic rings. The van der Waals surface area contributed by atoms with E-state index in [1.807, 2.05) is 0 Å². The minimum atomic E-state index is -1.76. The molecule has 0 radical (unpaired) electrons. The van der Waals surface area contributed by atoms with Crippen molar-refractivity contribution in [3.05, 3.63) is 64.7 Å². The van der Waals surface area contributed by atoms with E-state index in [1.165, 1.54) is 11.1 Å². The van der Waals surface area contributed by atoms with E-state index in [4.69, 9.17) is 18.6 Å². The standard InChI is InChI=1S/C38H63NO5Si/c1-11-12-13-18-33(32-19-14-16-31(25-32)28-43-29-42-24-23-41-8)27-36(40)39-35-26-30(20-21-34(35)37(2,3)4)17-15-22-44-45(9,10)38(5,6)7/h14,16,19-21,25-26,33H,11-13,15,17-18,22-24,27-29H2,1-10H3,(H,39,40). The summed E-state index contributed by atoms with van der Waals surface area (Å²) < 4.78 is 22.6. The first-order valence-electron chi connectivity index (χ1n) is 17.0. The lowest BCUT2D eigenvalue weighted by molar-refractivity contribution is -0.116. The molecule has 6 nitrogen and oxygen atoms in total. The van der Waals surface area contributed by atoms with Crippen LogP contribution in [0.5, 0.6) is 0 Å². The number of aryl methyl sites for hydroxylation is 1. The normalized spacial score (nSPS) is 13.2. The number of rotatable bonds is 20. The predicted octanol–water partition coefficient (Wildman–Crippen LogP) is 9.77. The number of carbonyl (C=O) groups is 1. The second kappa shape index (κ2) is 18.9. The number of hydrogen-bond donors (Lipinski definition) is 1. The van der Waals surface area contributed by atoms with Gasteiger partial charge in [0.25, 0.3) is 0 Å². The molecule has 0 aliphatic rings. The van der Waals surface area contributed by atoms with E-state index in [1.54, 1.807) is 7.11 Å². The average Bonchev–Trinajstić information content (AvgIpc) is 2.96. The van der Waals surface area contributed by atoms with Gasteiger partial charge in [0.05, 0.1) is 19.8 Å². The van der Waals surface area contributed by atoms with E-state index in [-0.39, 0.29) is 29.1 Å². The first kappa shape index (κ1) is 39.1. The molecule has 1 N–H and O–H groups in total. The molecule has 0 aromatic heterocycles. The molecule has 7 heteroatoms. The van der Waals surface area contributed by atoms with Gasteiger partial charge in [-0.3, -0.25) is 4.79 Å². The van der Waals surface area contributed by atoms with Crippen LogP contribution in [0.25, 0.3) is 0 Å². The van der Waals surface area contributed by atoms with Gasteiger partial charge in [-0.25, -0.2) is 0 Å². The number of carbonyl (C=O) groups excluding carboxylic acids is 1. The number of ether oxygens (including phenoxy) is 3. The van der Waals surface area contributed by atoms with Crippen molar-refractivity contribution < 1.29 is 23.4 Å². The molecule has 0 aliphatic carbocycles. The van der Waals surface area contributed by atoms with Crippen molar-refractivity contribution in [2.24, 2.45) is 0 Å². The smallest absolute Gasteiger partial charge is 0.224 e. The van der Waals surface area contributed by atoms with Crippen molar-refractivity contribution in [3.8, 4) is 0 Å². The molecular weight excluding hydrogens is 579 g/mol. The van der Waals surface area contributed by atoms with Gasteiger partial charge < -0.3 is 24.0 Å². The van der Waals surface area contributed by atoms with Crippen LogP contribution in [0.4, 0.5) is 5.69 Å². The van der Waals surface area contributed by atoms with Crippen molar-refractivity contribution >= 4 is 19.9 Å². The van der Waals surface area contributed by atoms with Gasteiger partial charge in [-0.05, 0) is 77.0 Å². The largest absolute Gasteiger partial charge is 0.417 e. The topological polar surface area (TPSA) is 66.0 Å². The zero-order chi connectivity index (χ0) is 33.5. The summed E-state index contributed by atoms with van der Waals surface area (Å²) in [6.07, 6.45) is 6.73. The Balaban J connectivity index is 2.13. The number of hydrogen-bond acceptors (Lipinski definition) is 5. The molecule has 1 amide bonds. The fourth-order valence-electron chi connectivity index (χ4n) is 5.13. The van der Waals surface area contributed by atoms with Crippen molar-refractivity contribution in [2.45, 2.75) is 129 Å². The van der Waals surface area contributed by atoms with Crippen molar-refractivity contribution in [3.63, 3.8) is 0 Å². The Morgan fingerprint density at radius 2 is 1.64 bits per heavy atom. The Hall–Kier alpha value is -2.03. The molecule has 0 saturated carbocycles. The lowest BCUT2D eigenvalue weighted by Crippen LogP contribution is -2.41. The van der Waals surface area contributed by atoms with Gasteiger partial charge in [0, 0.05) is 25.8 Å². The number of anilines is 1. The second-order valence-corrected chi connectivity index (χ2v) is 19.7. The summed E-state index contributed by atoms with van der Waals surface area (Å²) >= 11 is 0. The Morgan fingerprint density at radius 1 is 0.889 bits per heavy atom. The van der Waals surface area contributed by atoms with Crippen LogP contribution in [0.2, 0.25) is 18.1 Å². The van der Waals surface area contributed by atoms with Crippen LogP contribution in [0.3, 0.4) is 0 Å². The molecule has 2 aromatic carbocycles. The Morgan fingerprint density at radius 3 is 2.31 bits per heavy atom. The Labute approximate surface area is 276 Å². The van der Waals surface area contributed by atoms with Gasteiger partial charge in [-0.2, -0.15) is 0 Å². The molecule has 0 fully saturated rings. The van der Waals surface area contributed by atoms with Crippen LogP contribution in [0, 0.1) is 0 Å². The first-order chi connectivity index (χ1) is 21.2. The van der Waals surface area contributed by atoms with Gasteiger partial charge in [-0.1, -0.05) is 104 Å². The number of unbranched alkanes of at least 4 members (excludes halogenated alkanes) is 2. The van der Waals surface area contributed by atoms with E-state index in [9.17, 15) is 4.79 Å². The minimum absolute atomic E-state index is 0.0635. The monoisotopic (exact) mass is 641 g/mol. The molecule has 2 rings (SSSR count). The van der Waals surface area contributed by atoms with Gasteiger partial charge in [-0.15, -0.1) is 0 Å². The Bertz CT molecular complexity index is 1150. The maximum atomic E-state index is 13.7. The highest BCUT2D eigenvalue weighted by atomic mass is 28.4. The molecule has 0 saturated heterocycles. The molecule has 1 unspecified atom stereocenters. The van der Waals surface area contributed by atoms with Crippen LogP contribution < -0.4 is 5.32 Å². The third-order valence-corrected chi connectivity index (χ3v) is 13.5. The molecule has 45 heavy (non-hydrogen) atoms. The fraction of sp³-hybridized carbons (Fsp3) is 0.658. The molecule has 0 heterocycles. The number of amides is 1. The summed E-state index contributed by atoms with van der Waals surface area (Å²) in [5.74, 6) is 0.205. The van der Waals surface area contributed by atoms with Crippen molar-refractivity contribution in [1.82, 2.24) is 0 Å². The van der Waals surface area contributed by atoms with E-state index in [2.05, 4.69) is 109 Å². The summed E-state index contributed by atoms with van der Waals surface area (Å²) in [4.78, 5) is 13.7. The van der Waals surface area contributed by atoms with Crippen molar-refractivity contribution in [1.29, 1.82) is 0 Å². The van der Waals surface area contributed by atoms with Crippen LogP contribution in [-0.4, -0.2) is 47.9 Å². The van der Waals surface area contributed by atoms with Gasteiger partial charge >= 0.3 is 0 Å². The van der Waals surface area contributed by atoms with E-state index in [0.29, 0.717) is 26.2 Å². The fourth-order valence-corrected chi connectivity index (χ4v) is 6.22. The highest BCUT2D eigenvalue weighted by molar-refractivity contribution is 6.74. The molecule has 0 spiro atoms. The van der Waals surface area contributed by atoms with Crippen LogP contribution in [0.1, 0.15) is 115 Å². The molecule has 1 atom stereocenters. The highest BCUT2D eigenvalue weighted by Gasteiger charge is 2.36. The maximum absolute atomic E-state index is 13.7. The van der Waals surface area contributed by atoms with Gasteiger partial charge in [0.2, 0.25) is 5.91 Å². The van der Waals surface area contributed by atoms with Crippen LogP contribution >= 0.6 is 0 Å². The van der Waals surface area contributed by atoms with E-state index >= 15 is 0 Å². The molecule has 0 bridgehead atoms. The lowest BCUT2D eigenvalue weighted by Gasteiger charge is -2.36. The van der Waals surface area contributed by atoms with Gasteiger partial charge in [0.1, 0.15) is 6.79 Å². The predicted molar refractivity (Wildman–Crippen MR) is 191 cm³/mol. The van der Waals surface area contributed by atoms with E-state index < -0.39 is 8.32 Å². The van der Waals surface area contributed by atoms with Crippen LogP contribution in [0.15, 0.2) is 42.5 Å². The first-order valence-corrected chi connectivity index (χ1v) is 19.9. The SMILES string of the molecule is CCCCCC(CC(=O)Nc1cc(CCCO[Si](C)(C)C(C)(C)C)ccc1C(C)(C)C)c1cccc(COCOCCOC)c1. The third kappa shape index (κ3) is 14.1. The third-order valence-electron chi connectivity index (χ3n) is 8.92. The van der Waals surface area contributed by atoms with Crippen LogP contribution in [-0.2, 0) is 41.9 Å². The summed E-state index contributed by atoms with van der Waals surface area (Å²) in [6.45, 7) is 22.8. The number of methoxy groups -OCH3 is 1.